The van der Waals surface area contributed by atoms with Crippen LogP contribution in [0.4, 0.5) is 5.82 Å². The summed E-state index contributed by atoms with van der Waals surface area (Å²) in [7, 11) is 0. The molecule has 6 nitrogen and oxygen atoms in total. The molecule has 2 fully saturated rings. The highest BCUT2D eigenvalue weighted by Crippen LogP contribution is 2.26. The second kappa shape index (κ2) is 8.82. The van der Waals surface area contributed by atoms with Crippen molar-refractivity contribution in [2.45, 2.75) is 38.1 Å². The molecule has 0 spiro atoms. The van der Waals surface area contributed by atoms with E-state index in [1.165, 1.54) is 6.42 Å². The minimum atomic E-state index is 0.326. The van der Waals surface area contributed by atoms with E-state index in [0.29, 0.717) is 17.5 Å². The molecule has 0 aliphatic carbocycles. The van der Waals surface area contributed by atoms with Gasteiger partial charge in [0.2, 0.25) is 6.41 Å². The summed E-state index contributed by atoms with van der Waals surface area (Å²) in [5, 5.41) is 9.29. The van der Waals surface area contributed by atoms with E-state index in [1.807, 2.05) is 11.0 Å². The smallest absolute Gasteiger partial charge is 0.209 e. The molecule has 3 rings (SSSR count). The third kappa shape index (κ3) is 4.49. The van der Waals surface area contributed by atoms with Gasteiger partial charge in [0.05, 0.1) is 5.56 Å². The molecular formula is C19H26N4O2. The first-order chi connectivity index (χ1) is 12.3. The molecule has 1 aromatic heterocycles. The number of carbonyl (C=O) groups excluding carboxylic acids is 1. The Morgan fingerprint density at radius 2 is 2.24 bits per heavy atom. The molecule has 0 bridgehead atoms. The molecule has 25 heavy (non-hydrogen) atoms. The van der Waals surface area contributed by atoms with Gasteiger partial charge in [-0.05, 0) is 50.2 Å². The maximum atomic E-state index is 11.5. The van der Waals surface area contributed by atoms with Gasteiger partial charge in [-0.25, -0.2) is 4.98 Å². The van der Waals surface area contributed by atoms with Gasteiger partial charge < -0.3 is 14.5 Å². The van der Waals surface area contributed by atoms with Gasteiger partial charge in [-0.1, -0.05) is 0 Å². The van der Waals surface area contributed by atoms with Crippen LogP contribution in [0.5, 0.6) is 0 Å². The fourth-order valence-corrected chi connectivity index (χ4v) is 3.90. The van der Waals surface area contributed by atoms with Crippen molar-refractivity contribution in [2.24, 2.45) is 5.92 Å². The number of carbonyl (C=O) groups is 1. The van der Waals surface area contributed by atoms with E-state index in [1.54, 1.807) is 12.3 Å². The molecule has 0 N–H and O–H groups in total. The van der Waals surface area contributed by atoms with Crippen LogP contribution in [0.25, 0.3) is 0 Å². The van der Waals surface area contributed by atoms with E-state index in [0.717, 1.165) is 70.8 Å². The average Bonchev–Trinajstić information content (AvgIpc) is 2.69. The van der Waals surface area contributed by atoms with Crippen molar-refractivity contribution in [3.05, 3.63) is 23.9 Å². The van der Waals surface area contributed by atoms with E-state index in [9.17, 15) is 10.1 Å². The number of aromatic nitrogens is 1. The van der Waals surface area contributed by atoms with Crippen LogP contribution in [0.15, 0.2) is 18.3 Å². The van der Waals surface area contributed by atoms with Gasteiger partial charge in [-0.15, -0.1) is 0 Å². The summed E-state index contributed by atoms with van der Waals surface area (Å²) >= 11 is 0. The number of pyridine rings is 1. The Labute approximate surface area is 149 Å². The SMILES string of the molecule is N#Cc1cccnc1N1CCCC(CCN(C=O)C2CCOCC2)C1. The lowest BCUT2D eigenvalue weighted by Crippen LogP contribution is -2.41. The summed E-state index contributed by atoms with van der Waals surface area (Å²) in [5.74, 6) is 1.33. The molecule has 6 heteroatoms. The van der Waals surface area contributed by atoms with E-state index >= 15 is 0 Å². The molecule has 1 atom stereocenters. The van der Waals surface area contributed by atoms with Gasteiger partial charge in [0.25, 0.3) is 0 Å². The first-order valence-electron chi connectivity index (χ1n) is 9.20. The molecule has 1 aromatic rings. The Morgan fingerprint density at radius 3 is 3.00 bits per heavy atom. The molecule has 1 amide bonds. The van der Waals surface area contributed by atoms with Gasteiger partial charge in [0.1, 0.15) is 11.9 Å². The largest absolute Gasteiger partial charge is 0.381 e. The predicted octanol–water partition coefficient (Wildman–Crippen LogP) is 2.20. The van der Waals surface area contributed by atoms with Gasteiger partial charge >= 0.3 is 0 Å². The lowest BCUT2D eigenvalue weighted by atomic mass is 9.94. The van der Waals surface area contributed by atoms with E-state index in [-0.39, 0.29) is 0 Å². The summed E-state index contributed by atoms with van der Waals surface area (Å²) in [4.78, 5) is 20.1. The van der Waals surface area contributed by atoms with Crippen LogP contribution in [-0.2, 0) is 9.53 Å². The van der Waals surface area contributed by atoms with E-state index in [2.05, 4.69) is 16.0 Å². The third-order valence-electron chi connectivity index (χ3n) is 5.32. The maximum Gasteiger partial charge on any atom is 0.209 e. The highest BCUT2D eigenvalue weighted by molar-refractivity contribution is 5.53. The van der Waals surface area contributed by atoms with Crippen molar-refractivity contribution in [3.8, 4) is 6.07 Å². The van der Waals surface area contributed by atoms with Gasteiger partial charge in [0.15, 0.2) is 0 Å². The lowest BCUT2D eigenvalue weighted by Gasteiger charge is -2.36. The van der Waals surface area contributed by atoms with Crippen molar-refractivity contribution < 1.29 is 9.53 Å². The van der Waals surface area contributed by atoms with Crippen molar-refractivity contribution in [1.29, 1.82) is 5.26 Å². The first-order valence-corrected chi connectivity index (χ1v) is 9.20. The molecule has 0 radical (unpaired) electrons. The van der Waals surface area contributed by atoms with Crippen molar-refractivity contribution in [3.63, 3.8) is 0 Å². The number of rotatable bonds is 6. The number of hydrogen-bond acceptors (Lipinski definition) is 5. The van der Waals surface area contributed by atoms with Crippen LogP contribution in [0.1, 0.15) is 37.7 Å². The van der Waals surface area contributed by atoms with Crippen LogP contribution < -0.4 is 4.90 Å². The Hall–Kier alpha value is -2.13. The summed E-state index contributed by atoms with van der Waals surface area (Å²) in [5.41, 5.74) is 0.639. The number of nitriles is 1. The molecule has 0 aromatic carbocycles. The highest BCUT2D eigenvalue weighted by Gasteiger charge is 2.25. The molecule has 0 saturated carbocycles. The number of ether oxygens (including phenoxy) is 1. The molecule has 3 heterocycles. The number of piperidine rings is 1. The van der Waals surface area contributed by atoms with Crippen LogP contribution in [0, 0.1) is 17.2 Å². The van der Waals surface area contributed by atoms with Crippen LogP contribution in [0.2, 0.25) is 0 Å². The summed E-state index contributed by atoms with van der Waals surface area (Å²) in [6.07, 6.45) is 7.91. The second-order valence-electron chi connectivity index (χ2n) is 6.92. The summed E-state index contributed by atoms with van der Waals surface area (Å²) in [6.45, 7) is 4.16. The van der Waals surface area contributed by atoms with Gasteiger partial charge in [-0.3, -0.25) is 4.79 Å². The lowest BCUT2D eigenvalue weighted by molar-refractivity contribution is -0.122. The Morgan fingerprint density at radius 1 is 1.40 bits per heavy atom. The number of hydrogen-bond donors (Lipinski definition) is 0. The molecule has 2 saturated heterocycles. The monoisotopic (exact) mass is 342 g/mol. The van der Waals surface area contributed by atoms with Gasteiger partial charge in [0, 0.05) is 45.1 Å². The Bertz CT molecular complexity index is 610. The first kappa shape index (κ1) is 17.7. The predicted molar refractivity (Wildman–Crippen MR) is 95.1 cm³/mol. The minimum Gasteiger partial charge on any atom is -0.381 e. The summed E-state index contributed by atoms with van der Waals surface area (Å²) in [6, 6.07) is 6.19. The second-order valence-corrected chi connectivity index (χ2v) is 6.92. The van der Waals surface area contributed by atoms with Crippen LogP contribution >= 0.6 is 0 Å². The minimum absolute atomic E-state index is 0.326. The number of amides is 1. The zero-order valence-corrected chi connectivity index (χ0v) is 14.6. The van der Waals surface area contributed by atoms with Crippen LogP contribution in [0.3, 0.4) is 0 Å². The Balaban J connectivity index is 1.56. The topological polar surface area (TPSA) is 69.5 Å². The van der Waals surface area contributed by atoms with Gasteiger partial charge in [-0.2, -0.15) is 5.26 Å². The van der Waals surface area contributed by atoms with Crippen molar-refractivity contribution in [2.75, 3.05) is 37.7 Å². The van der Waals surface area contributed by atoms with Crippen molar-refractivity contribution >= 4 is 12.2 Å². The molecule has 2 aliphatic rings. The molecule has 1 unspecified atom stereocenters. The molecular weight excluding hydrogens is 316 g/mol. The Kier molecular flexibility index (Phi) is 6.24. The molecule has 2 aliphatic heterocycles. The zero-order valence-electron chi connectivity index (χ0n) is 14.6. The number of anilines is 1. The highest BCUT2D eigenvalue weighted by atomic mass is 16.5. The summed E-state index contributed by atoms with van der Waals surface area (Å²) < 4.78 is 5.39. The maximum absolute atomic E-state index is 11.5. The normalized spacial score (nSPS) is 21.6. The zero-order chi connectivity index (χ0) is 17.5. The van der Waals surface area contributed by atoms with Crippen molar-refractivity contribution in [1.82, 2.24) is 9.88 Å². The standard InChI is InChI=1S/C19H26N4O2/c20-13-17-4-1-8-21-19(17)22-9-2-3-16(14-22)5-10-23(15-24)18-6-11-25-12-7-18/h1,4,8,15-16,18H,2-3,5-7,9-12,14H2. The van der Waals surface area contributed by atoms with E-state index in [4.69, 9.17) is 4.74 Å². The fourth-order valence-electron chi connectivity index (χ4n) is 3.90. The third-order valence-corrected chi connectivity index (χ3v) is 5.32. The average molecular weight is 342 g/mol. The van der Waals surface area contributed by atoms with Crippen LogP contribution in [-0.4, -0.2) is 55.2 Å². The molecule has 134 valence electrons. The number of nitrogens with zero attached hydrogens (tertiary/aromatic N) is 4. The fraction of sp³-hybridized carbons (Fsp3) is 0.632. The quantitative estimate of drug-likeness (QED) is 0.741. The van der Waals surface area contributed by atoms with E-state index < -0.39 is 0 Å².